The highest BCUT2D eigenvalue weighted by Gasteiger charge is 2.26. The number of carboxylic acid groups (broad SMARTS) is 1. The van der Waals surface area contributed by atoms with Crippen molar-refractivity contribution < 1.29 is 9.90 Å². The fraction of sp³-hybridized carbons (Fsp3) is 0.533. The Morgan fingerprint density at radius 2 is 2.05 bits per heavy atom. The van der Waals surface area contributed by atoms with Crippen LogP contribution in [0.25, 0.3) is 0 Å². The molecule has 0 aliphatic heterocycles. The van der Waals surface area contributed by atoms with Crippen LogP contribution < -0.4 is 5.32 Å². The third kappa shape index (κ3) is 3.63. The van der Waals surface area contributed by atoms with Crippen LogP contribution in [-0.4, -0.2) is 17.6 Å². The summed E-state index contributed by atoms with van der Waals surface area (Å²) in [5, 5.41) is 13.0. The predicted molar refractivity (Wildman–Crippen MR) is 78.1 cm³/mol. The maximum atomic E-state index is 11.2. The Labute approximate surface area is 119 Å². The van der Waals surface area contributed by atoms with Gasteiger partial charge in [0.2, 0.25) is 0 Å². The van der Waals surface area contributed by atoms with Gasteiger partial charge in [-0.15, -0.1) is 0 Å². The summed E-state index contributed by atoms with van der Waals surface area (Å²) in [4.78, 5) is 11.2. The van der Waals surface area contributed by atoms with Crippen molar-refractivity contribution in [2.24, 2.45) is 5.41 Å². The smallest absolute Gasteiger partial charge is 0.337 e. The fourth-order valence-electron chi connectivity index (χ4n) is 2.74. The number of hydrogen-bond acceptors (Lipinski definition) is 2. The molecule has 2 rings (SSSR count). The highest BCUT2D eigenvalue weighted by atomic mass is 35.5. The van der Waals surface area contributed by atoms with E-state index in [0.29, 0.717) is 10.7 Å². The lowest BCUT2D eigenvalue weighted by Crippen LogP contribution is -2.29. The number of hydrogen-bond donors (Lipinski definition) is 2. The first kappa shape index (κ1) is 14.2. The Hall–Kier alpha value is -1.22. The van der Waals surface area contributed by atoms with Crippen LogP contribution in [-0.2, 0) is 0 Å². The zero-order chi connectivity index (χ0) is 13.9. The van der Waals surface area contributed by atoms with Crippen molar-refractivity contribution in [2.45, 2.75) is 39.0 Å². The van der Waals surface area contributed by atoms with E-state index >= 15 is 0 Å². The number of rotatable bonds is 4. The number of aromatic carboxylic acids is 1. The Kier molecular flexibility index (Phi) is 4.35. The maximum absolute atomic E-state index is 11.2. The van der Waals surface area contributed by atoms with Crippen molar-refractivity contribution >= 4 is 23.3 Å². The van der Waals surface area contributed by atoms with Gasteiger partial charge in [-0.2, -0.15) is 0 Å². The fourth-order valence-corrected chi connectivity index (χ4v) is 2.91. The van der Waals surface area contributed by atoms with E-state index in [9.17, 15) is 9.90 Å². The van der Waals surface area contributed by atoms with Gasteiger partial charge in [-0.25, -0.2) is 4.79 Å². The van der Waals surface area contributed by atoms with Crippen LogP contribution >= 0.6 is 11.6 Å². The summed E-state index contributed by atoms with van der Waals surface area (Å²) >= 11 is 5.94. The molecule has 0 saturated heterocycles. The molecule has 0 spiro atoms. The first-order valence-electron chi connectivity index (χ1n) is 6.77. The molecule has 1 saturated carbocycles. The van der Waals surface area contributed by atoms with E-state index in [-0.39, 0.29) is 11.0 Å². The molecule has 0 aromatic heterocycles. The first-order valence-corrected chi connectivity index (χ1v) is 7.15. The maximum Gasteiger partial charge on any atom is 0.337 e. The van der Waals surface area contributed by atoms with Gasteiger partial charge in [0.25, 0.3) is 0 Å². The van der Waals surface area contributed by atoms with Crippen molar-refractivity contribution in [3.8, 4) is 0 Å². The van der Waals surface area contributed by atoms with Crippen molar-refractivity contribution in [1.82, 2.24) is 0 Å². The van der Waals surface area contributed by atoms with Gasteiger partial charge >= 0.3 is 5.97 Å². The standard InChI is InChI=1S/C15H20ClNO2/c1-15(7-3-2-4-8-15)10-17-13-9-11(16)5-6-12(13)14(18)19/h5-6,9,17H,2-4,7-8,10H2,1H3,(H,18,19). The van der Waals surface area contributed by atoms with Crippen molar-refractivity contribution in [3.05, 3.63) is 28.8 Å². The number of carboxylic acids is 1. The minimum absolute atomic E-state index is 0.260. The molecular formula is C15H20ClNO2. The molecule has 2 N–H and O–H groups in total. The van der Waals surface area contributed by atoms with Gasteiger partial charge in [-0.1, -0.05) is 37.8 Å². The quantitative estimate of drug-likeness (QED) is 0.859. The van der Waals surface area contributed by atoms with E-state index in [2.05, 4.69) is 12.2 Å². The van der Waals surface area contributed by atoms with Crippen LogP contribution in [0.15, 0.2) is 18.2 Å². The van der Waals surface area contributed by atoms with Crippen LogP contribution in [0.4, 0.5) is 5.69 Å². The highest BCUT2D eigenvalue weighted by molar-refractivity contribution is 6.31. The number of benzene rings is 1. The molecule has 1 aromatic carbocycles. The second kappa shape index (κ2) is 5.83. The molecule has 0 atom stereocenters. The summed E-state index contributed by atoms with van der Waals surface area (Å²) in [6.45, 7) is 3.07. The molecule has 1 aliphatic carbocycles. The molecule has 1 aliphatic rings. The molecule has 4 heteroatoms. The van der Waals surface area contributed by atoms with Crippen LogP contribution in [0.5, 0.6) is 0 Å². The van der Waals surface area contributed by atoms with Gasteiger partial charge in [0.1, 0.15) is 0 Å². The van der Waals surface area contributed by atoms with Crippen LogP contribution in [0.2, 0.25) is 5.02 Å². The number of anilines is 1. The molecule has 1 aromatic rings. The molecule has 0 heterocycles. The van der Waals surface area contributed by atoms with E-state index < -0.39 is 5.97 Å². The molecule has 0 radical (unpaired) electrons. The van der Waals surface area contributed by atoms with E-state index in [4.69, 9.17) is 11.6 Å². The topological polar surface area (TPSA) is 49.3 Å². The summed E-state index contributed by atoms with van der Waals surface area (Å²) in [6, 6.07) is 4.85. The second-order valence-corrected chi connectivity index (χ2v) is 6.16. The molecule has 104 valence electrons. The van der Waals surface area contributed by atoms with Crippen LogP contribution in [0, 0.1) is 5.41 Å². The normalized spacial score (nSPS) is 18.0. The second-order valence-electron chi connectivity index (χ2n) is 5.72. The SMILES string of the molecule is CC1(CNc2cc(Cl)ccc2C(=O)O)CCCCC1. The highest BCUT2D eigenvalue weighted by Crippen LogP contribution is 2.36. The first-order chi connectivity index (χ1) is 9.00. The Morgan fingerprint density at radius 1 is 1.37 bits per heavy atom. The number of halogens is 1. The summed E-state index contributed by atoms with van der Waals surface area (Å²) in [7, 11) is 0. The van der Waals surface area contributed by atoms with Gasteiger partial charge in [0, 0.05) is 11.6 Å². The lowest BCUT2D eigenvalue weighted by atomic mass is 9.75. The lowest BCUT2D eigenvalue weighted by molar-refractivity contribution is 0.0698. The molecule has 0 bridgehead atoms. The number of carbonyl (C=O) groups is 1. The average Bonchev–Trinajstić information content (AvgIpc) is 2.37. The van der Waals surface area contributed by atoms with Gasteiger partial charge in [-0.3, -0.25) is 0 Å². The van der Waals surface area contributed by atoms with Gasteiger partial charge in [-0.05, 0) is 36.5 Å². The molecule has 1 fully saturated rings. The Balaban J connectivity index is 2.10. The van der Waals surface area contributed by atoms with Gasteiger partial charge in [0.15, 0.2) is 0 Å². The summed E-state index contributed by atoms with van der Waals surface area (Å²) in [6.07, 6.45) is 6.23. The summed E-state index contributed by atoms with van der Waals surface area (Å²) in [5.74, 6) is -0.923. The monoisotopic (exact) mass is 281 g/mol. The zero-order valence-corrected chi connectivity index (χ0v) is 12.0. The largest absolute Gasteiger partial charge is 0.478 e. The van der Waals surface area contributed by atoms with Crippen LogP contribution in [0.1, 0.15) is 49.4 Å². The average molecular weight is 282 g/mol. The van der Waals surface area contributed by atoms with E-state index in [0.717, 1.165) is 6.54 Å². The van der Waals surface area contributed by atoms with E-state index in [1.54, 1.807) is 18.2 Å². The minimum atomic E-state index is -0.923. The molecular weight excluding hydrogens is 262 g/mol. The lowest BCUT2D eigenvalue weighted by Gasteiger charge is -2.34. The summed E-state index contributed by atoms with van der Waals surface area (Å²) in [5.41, 5.74) is 1.16. The predicted octanol–water partition coefficient (Wildman–Crippen LogP) is 4.42. The van der Waals surface area contributed by atoms with Crippen molar-refractivity contribution in [3.63, 3.8) is 0 Å². The van der Waals surface area contributed by atoms with Crippen molar-refractivity contribution in [2.75, 3.05) is 11.9 Å². The Morgan fingerprint density at radius 3 is 2.68 bits per heavy atom. The van der Waals surface area contributed by atoms with Crippen molar-refractivity contribution in [1.29, 1.82) is 0 Å². The molecule has 0 amide bonds. The number of nitrogens with one attached hydrogen (secondary N) is 1. The third-order valence-corrected chi connectivity index (χ3v) is 4.21. The molecule has 3 nitrogen and oxygen atoms in total. The third-order valence-electron chi connectivity index (χ3n) is 3.98. The van der Waals surface area contributed by atoms with Gasteiger partial charge < -0.3 is 10.4 Å². The van der Waals surface area contributed by atoms with Gasteiger partial charge in [0.05, 0.1) is 11.3 Å². The molecule has 0 unspecified atom stereocenters. The van der Waals surface area contributed by atoms with E-state index in [1.165, 1.54) is 32.1 Å². The summed E-state index contributed by atoms with van der Waals surface area (Å²) < 4.78 is 0. The minimum Gasteiger partial charge on any atom is -0.478 e. The zero-order valence-electron chi connectivity index (χ0n) is 11.2. The Bertz CT molecular complexity index is 467. The molecule has 19 heavy (non-hydrogen) atoms. The van der Waals surface area contributed by atoms with Crippen LogP contribution in [0.3, 0.4) is 0 Å². The van der Waals surface area contributed by atoms with E-state index in [1.807, 2.05) is 0 Å².